The summed E-state index contributed by atoms with van der Waals surface area (Å²) in [5, 5.41) is 11.2. The molecule has 22 heavy (non-hydrogen) atoms. The minimum Gasteiger partial charge on any atom is -0.316 e. The predicted molar refractivity (Wildman–Crippen MR) is 86.3 cm³/mol. The molecule has 7 heteroatoms. The second kappa shape index (κ2) is 6.47. The van der Waals surface area contributed by atoms with Gasteiger partial charge in [0.2, 0.25) is 10.0 Å². The normalized spacial score (nSPS) is 17.1. The highest BCUT2D eigenvalue weighted by Gasteiger charge is 2.30. The summed E-state index contributed by atoms with van der Waals surface area (Å²) >= 11 is 1.43. The van der Waals surface area contributed by atoms with Crippen LogP contribution in [-0.4, -0.2) is 30.2 Å². The molecule has 118 valence electrons. The SMILES string of the molecule is O=S(=O)(CC(NO)c1cccs1)N1CCc2ccccc2C1. The molecule has 0 radical (unpaired) electrons. The van der Waals surface area contributed by atoms with Gasteiger partial charge in [-0.3, -0.25) is 0 Å². The quantitative estimate of drug-likeness (QED) is 0.820. The lowest BCUT2D eigenvalue weighted by atomic mass is 10.0. The smallest absolute Gasteiger partial charge is 0.216 e. The molecule has 0 saturated heterocycles. The van der Waals surface area contributed by atoms with Crippen LogP contribution in [0.5, 0.6) is 0 Å². The summed E-state index contributed by atoms with van der Waals surface area (Å²) in [6, 6.07) is 11.0. The van der Waals surface area contributed by atoms with Crippen LogP contribution in [0.1, 0.15) is 22.0 Å². The highest BCUT2D eigenvalue weighted by Crippen LogP contribution is 2.25. The van der Waals surface area contributed by atoms with Crippen LogP contribution < -0.4 is 5.48 Å². The minimum absolute atomic E-state index is 0.147. The monoisotopic (exact) mass is 338 g/mol. The zero-order chi connectivity index (χ0) is 15.6. The van der Waals surface area contributed by atoms with Crippen molar-refractivity contribution in [3.05, 3.63) is 57.8 Å². The molecule has 1 atom stereocenters. The molecule has 1 unspecified atom stereocenters. The van der Waals surface area contributed by atoms with Crippen LogP contribution in [0.4, 0.5) is 0 Å². The van der Waals surface area contributed by atoms with Gasteiger partial charge in [0.05, 0.1) is 11.8 Å². The van der Waals surface area contributed by atoms with E-state index in [1.807, 2.05) is 41.8 Å². The molecule has 2 heterocycles. The first kappa shape index (κ1) is 15.6. The number of rotatable bonds is 5. The molecule has 0 aliphatic carbocycles. The van der Waals surface area contributed by atoms with Crippen LogP contribution in [0.15, 0.2) is 41.8 Å². The maximum atomic E-state index is 12.6. The molecule has 1 aliphatic heterocycles. The van der Waals surface area contributed by atoms with Crippen LogP contribution in [-0.2, 0) is 23.0 Å². The Labute approximate surface area is 134 Å². The van der Waals surface area contributed by atoms with E-state index in [-0.39, 0.29) is 5.75 Å². The van der Waals surface area contributed by atoms with Crippen molar-refractivity contribution in [1.82, 2.24) is 9.79 Å². The van der Waals surface area contributed by atoms with Crippen molar-refractivity contribution in [2.24, 2.45) is 0 Å². The molecule has 0 spiro atoms. The number of sulfonamides is 1. The number of benzene rings is 1. The van der Waals surface area contributed by atoms with Gasteiger partial charge in [-0.25, -0.2) is 8.42 Å². The van der Waals surface area contributed by atoms with Gasteiger partial charge in [0.1, 0.15) is 0 Å². The van der Waals surface area contributed by atoms with E-state index >= 15 is 0 Å². The van der Waals surface area contributed by atoms with Crippen molar-refractivity contribution in [3.8, 4) is 0 Å². The largest absolute Gasteiger partial charge is 0.316 e. The van der Waals surface area contributed by atoms with Gasteiger partial charge in [-0.05, 0) is 29.0 Å². The Balaban J connectivity index is 1.76. The van der Waals surface area contributed by atoms with Crippen molar-refractivity contribution in [1.29, 1.82) is 0 Å². The van der Waals surface area contributed by atoms with E-state index in [2.05, 4.69) is 5.48 Å². The van der Waals surface area contributed by atoms with Gasteiger partial charge < -0.3 is 5.21 Å². The Kier molecular flexibility index (Phi) is 4.60. The first-order chi connectivity index (χ1) is 10.6. The van der Waals surface area contributed by atoms with Gasteiger partial charge in [0.25, 0.3) is 0 Å². The van der Waals surface area contributed by atoms with Crippen molar-refractivity contribution < 1.29 is 13.6 Å². The Morgan fingerprint density at radius 2 is 2.00 bits per heavy atom. The fourth-order valence-corrected chi connectivity index (χ4v) is 5.16. The maximum absolute atomic E-state index is 12.6. The lowest BCUT2D eigenvalue weighted by Crippen LogP contribution is -2.40. The number of nitrogens with zero attached hydrogens (tertiary/aromatic N) is 1. The average molecular weight is 338 g/mol. The maximum Gasteiger partial charge on any atom is 0.216 e. The van der Waals surface area contributed by atoms with Gasteiger partial charge >= 0.3 is 0 Å². The molecular weight excluding hydrogens is 320 g/mol. The Morgan fingerprint density at radius 3 is 2.68 bits per heavy atom. The third-order valence-corrected chi connectivity index (χ3v) is 6.75. The molecule has 2 N–H and O–H groups in total. The van der Waals surface area contributed by atoms with E-state index in [1.165, 1.54) is 21.2 Å². The number of hydroxylamine groups is 1. The molecule has 0 saturated carbocycles. The van der Waals surface area contributed by atoms with Gasteiger partial charge in [0, 0.05) is 18.0 Å². The molecule has 0 bridgehead atoms. The summed E-state index contributed by atoms with van der Waals surface area (Å²) in [7, 11) is -3.45. The third-order valence-electron chi connectivity index (χ3n) is 3.91. The Hall–Kier alpha value is -1.25. The lowest BCUT2D eigenvalue weighted by Gasteiger charge is -2.29. The highest BCUT2D eigenvalue weighted by atomic mass is 32.2. The molecule has 5 nitrogen and oxygen atoms in total. The van der Waals surface area contributed by atoms with Crippen LogP contribution >= 0.6 is 11.3 Å². The van der Waals surface area contributed by atoms with E-state index in [0.29, 0.717) is 13.1 Å². The standard InChI is InChI=1S/C15H18N2O3S2/c18-16-14(15-6-3-9-21-15)11-22(19,20)17-8-7-12-4-1-2-5-13(12)10-17/h1-6,9,14,16,18H,7-8,10-11H2. The van der Waals surface area contributed by atoms with Crippen molar-refractivity contribution >= 4 is 21.4 Å². The van der Waals surface area contributed by atoms with Gasteiger partial charge in [0.15, 0.2) is 0 Å². The molecule has 1 aliphatic rings. The van der Waals surface area contributed by atoms with E-state index in [9.17, 15) is 13.6 Å². The molecule has 1 aromatic carbocycles. The summed E-state index contributed by atoms with van der Waals surface area (Å²) in [6.45, 7) is 0.892. The fraction of sp³-hybridized carbons (Fsp3) is 0.333. The van der Waals surface area contributed by atoms with E-state index in [0.717, 1.165) is 16.9 Å². The summed E-state index contributed by atoms with van der Waals surface area (Å²) in [4.78, 5) is 0.809. The zero-order valence-electron chi connectivity index (χ0n) is 12.0. The Morgan fingerprint density at radius 1 is 1.23 bits per heavy atom. The Bertz CT molecular complexity index is 729. The first-order valence-corrected chi connectivity index (χ1v) is 9.56. The topological polar surface area (TPSA) is 69.6 Å². The van der Waals surface area contributed by atoms with Crippen LogP contribution in [0.25, 0.3) is 0 Å². The second-order valence-corrected chi connectivity index (χ2v) is 8.32. The van der Waals surface area contributed by atoms with Gasteiger partial charge in [-0.15, -0.1) is 11.3 Å². The van der Waals surface area contributed by atoms with E-state index < -0.39 is 16.1 Å². The van der Waals surface area contributed by atoms with Crippen LogP contribution in [0, 0.1) is 0 Å². The van der Waals surface area contributed by atoms with Crippen molar-refractivity contribution in [2.45, 2.75) is 19.0 Å². The summed E-state index contributed by atoms with van der Waals surface area (Å²) in [5.41, 5.74) is 4.39. The van der Waals surface area contributed by atoms with Crippen LogP contribution in [0.2, 0.25) is 0 Å². The first-order valence-electron chi connectivity index (χ1n) is 7.08. The van der Waals surface area contributed by atoms with Crippen LogP contribution in [0.3, 0.4) is 0 Å². The molecule has 2 aromatic rings. The summed E-state index contributed by atoms with van der Waals surface area (Å²) in [6.07, 6.45) is 0.728. The molecular formula is C15H18N2O3S2. The number of nitrogens with one attached hydrogen (secondary N) is 1. The molecule has 0 fully saturated rings. The minimum atomic E-state index is -3.45. The number of hydrogen-bond donors (Lipinski definition) is 2. The third kappa shape index (κ3) is 3.23. The second-order valence-electron chi connectivity index (χ2n) is 5.33. The van der Waals surface area contributed by atoms with E-state index in [1.54, 1.807) is 0 Å². The van der Waals surface area contributed by atoms with E-state index in [4.69, 9.17) is 0 Å². The average Bonchev–Trinajstić information content (AvgIpc) is 3.06. The summed E-state index contributed by atoms with van der Waals surface area (Å²) < 4.78 is 26.8. The molecule has 3 rings (SSSR count). The molecule has 0 amide bonds. The van der Waals surface area contributed by atoms with Crippen molar-refractivity contribution in [2.75, 3.05) is 12.3 Å². The van der Waals surface area contributed by atoms with Crippen molar-refractivity contribution in [3.63, 3.8) is 0 Å². The number of fused-ring (bicyclic) bond motifs is 1. The predicted octanol–water partition coefficient (Wildman–Crippen LogP) is 2.16. The number of thiophene rings is 1. The van der Waals surface area contributed by atoms with Gasteiger partial charge in [-0.1, -0.05) is 30.3 Å². The molecule has 1 aromatic heterocycles. The summed E-state index contributed by atoms with van der Waals surface area (Å²) in [5.74, 6) is -0.147. The number of hydrogen-bond acceptors (Lipinski definition) is 5. The fourth-order valence-electron chi connectivity index (χ4n) is 2.70. The zero-order valence-corrected chi connectivity index (χ0v) is 13.6. The highest BCUT2D eigenvalue weighted by molar-refractivity contribution is 7.89. The van der Waals surface area contributed by atoms with Gasteiger partial charge in [-0.2, -0.15) is 9.79 Å². The lowest BCUT2D eigenvalue weighted by molar-refractivity contribution is 0.135.